The minimum Gasteiger partial charge on any atom is -0.242 e. The van der Waals surface area contributed by atoms with Gasteiger partial charge in [0.25, 0.3) is 0 Å². The molecular weight excluding hydrogens is 427 g/mol. The van der Waals surface area contributed by atoms with Gasteiger partial charge < -0.3 is 0 Å². The van der Waals surface area contributed by atoms with E-state index in [2.05, 4.69) is 30.3 Å². The van der Waals surface area contributed by atoms with Crippen LogP contribution in [-0.4, -0.2) is 9.97 Å². The van der Waals surface area contributed by atoms with E-state index < -0.39 is 0 Å². The van der Waals surface area contributed by atoms with Gasteiger partial charge in [-0.2, -0.15) is 0 Å². The highest BCUT2D eigenvalue weighted by Crippen LogP contribution is 2.40. The van der Waals surface area contributed by atoms with Crippen LogP contribution in [-0.2, 0) is 0 Å². The molecule has 0 spiro atoms. The Morgan fingerprint density at radius 2 is 1.54 bits per heavy atom. The van der Waals surface area contributed by atoms with Gasteiger partial charge in [-0.15, -0.1) is 11.3 Å². The van der Waals surface area contributed by atoms with Crippen LogP contribution in [0.1, 0.15) is 0 Å². The molecule has 0 N–H and O–H groups in total. The third-order valence-corrected chi connectivity index (χ3v) is 6.94. The summed E-state index contributed by atoms with van der Waals surface area (Å²) >= 11 is 15.7. The lowest BCUT2D eigenvalue weighted by molar-refractivity contribution is 1.13. The molecule has 2 nitrogen and oxygen atoms in total. The second kappa shape index (κ2) is 7.37. The number of benzene rings is 3. The molecule has 2 heterocycles. The second-order valence-corrected chi connectivity index (χ2v) is 9.04. The Bertz CT molecular complexity index is 1320. The molecule has 0 aliphatic rings. The smallest absolute Gasteiger partial charge is 0.129 e. The first kappa shape index (κ1) is 18.0. The summed E-state index contributed by atoms with van der Waals surface area (Å²) in [4.78, 5) is 11.9. The van der Waals surface area contributed by atoms with Crippen molar-refractivity contribution in [3.63, 3.8) is 0 Å². The van der Waals surface area contributed by atoms with E-state index >= 15 is 0 Å². The lowest BCUT2D eigenvalue weighted by atomic mass is 10.1. The predicted molar refractivity (Wildman–Crippen MR) is 121 cm³/mol. The van der Waals surface area contributed by atoms with Crippen LogP contribution in [0.5, 0.6) is 0 Å². The molecule has 0 bridgehead atoms. The molecule has 0 saturated carbocycles. The largest absolute Gasteiger partial charge is 0.242 e. The summed E-state index contributed by atoms with van der Waals surface area (Å²) < 4.78 is 0. The maximum Gasteiger partial charge on any atom is 0.129 e. The van der Waals surface area contributed by atoms with Crippen molar-refractivity contribution in [3.05, 3.63) is 82.2 Å². The zero-order valence-corrected chi connectivity index (χ0v) is 17.5. The molecule has 0 saturated heterocycles. The molecular formula is C22H12Cl2N2S2. The van der Waals surface area contributed by atoms with Gasteiger partial charge in [-0.25, -0.2) is 9.97 Å². The number of aromatic nitrogens is 2. The summed E-state index contributed by atoms with van der Waals surface area (Å²) in [6.07, 6.45) is 0. The van der Waals surface area contributed by atoms with E-state index in [1.807, 2.05) is 29.6 Å². The zero-order chi connectivity index (χ0) is 19.1. The lowest BCUT2D eigenvalue weighted by Gasteiger charge is -2.10. The molecule has 0 fully saturated rings. The van der Waals surface area contributed by atoms with Crippen molar-refractivity contribution in [2.45, 2.75) is 9.92 Å². The molecule has 0 atom stereocenters. The molecule has 5 aromatic rings. The highest BCUT2D eigenvalue weighted by atomic mass is 35.5. The summed E-state index contributed by atoms with van der Waals surface area (Å²) in [7, 11) is 0. The second-order valence-electron chi connectivity index (χ2n) is 6.22. The summed E-state index contributed by atoms with van der Waals surface area (Å²) in [6.45, 7) is 0. The van der Waals surface area contributed by atoms with E-state index in [4.69, 9.17) is 33.2 Å². The van der Waals surface area contributed by atoms with E-state index in [0.29, 0.717) is 10.0 Å². The summed E-state index contributed by atoms with van der Waals surface area (Å²) in [5.74, 6) is 0. The predicted octanol–water partition coefficient (Wildman–Crippen LogP) is 7.97. The van der Waals surface area contributed by atoms with Gasteiger partial charge >= 0.3 is 0 Å². The Balaban J connectivity index is 1.74. The van der Waals surface area contributed by atoms with Crippen molar-refractivity contribution in [1.29, 1.82) is 0 Å². The highest BCUT2D eigenvalue weighted by molar-refractivity contribution is 7.99. The van der Waals surface area contributed by atoms with E-state index in [0.717, 1.165) is 42.3 Å². The SMILES string of the molecule is Clc1ccc(Cl)c(Sc2nc3cc4ccccc4cc3nc2-c2cccs2)c1. The molecule has 5 rings (SSSR count). The van der Waals surface area contributed by atoms with Crippen molar-refractivity contribution < 1.29 is 0 Å². The first-order valence-corrected chi connectivity index (χ1v) is 11.0. The number of rotatable bonds is 3. The average Bonchev–Trinajstić information content (AvgIpc) is 3.23. The first-order valence-electron chi connectivity index (χ1n) is 8.55. The quantitative estimate of drug-likeness (QED) is 0.267. The fraction of sp³-hybridized carbons (Fsp3) is 0. The third-order valence-electron chi connectivity index (χ3n) is 4.35. The van der Waals surface area contributed by atoms with E-state index in [1.54, 1.807) is 23.5 Å². The molecule has 0 radical (unpaired) electrons. The third kappa shape index (κ3) is 3.38. The van der Waals surface area contributed by atoms with Crippen molar-refractivity contribution in [2.75, 3.05) is 0 Å². The van der Waals surface area contributed by atoms with Crippen LogP contribution in [0, 0.1) is 0 Å². The van der Waals surface area contributed by atoms with Gasteiger partial charge in [0.2, 0.25) is 0 Å². The number of halogens is 2. The summed E-state index contributed by atoms with van der Waals surface area (Å²) in [5.41, 5.74) is 2.60. The van der Waals surface area contributed by atoms with Gasteiger partial charge in [-0.3, -0.25) is 0 Å². The van der Waals surface area contributed by atoms with E-state index in [-0.39, 0.29) is 0 Å². The molecule has 2 aromatic heterocycles. The first-order chi connectivity index (χ1) is 13.7. The molecule has 3 aromatic carbocycles. The normalized spacial score (nSPS) is 11.4. The topological polar surface area (TPSA) is 25.8 Å². The van der Waals surface area contributed by atoms with Gasteiger partial charge in [-0.1, -0.05) is 65.3 Å². The van der Waals surface area contributed by atoms with Crippen LogP contribution in [0.2, 0.25) is 10.0 Å². The van der Waals surface area contributed by atoms with Crippen LogP contribution in [0.25, 0.3) is 32.4 Å². The number of hydrogen-bond donors (Lipinski definition) is 0. The number of fused-ring (bicyclic) bond motifs is 2. The lowest BCUT2D eigenvalue weighted by Crippen LogP contribution is -1.93. The molecule has 0 aliphatic heterocycles. The minimum atomic E-state index is 0.643. The average molecular weight is 439 g/mol. The molecule has 136 valence electrons. The van der Waals surface area contributed by atoms with Crippen molar-refractivity contribution in [3.8, 4) is 10.6 Å². The van der Waals surface area contributed by atoms with Gasteiger partial charge in [0.05, 0.1) is 20.9 Å². The number of thiophene rings is 1. The fourth-order valence-electron chi connectivity index (χ4n) is 3.03. The van der Waals surface area contributed by atoms with E-state index in [1.165, 1.54) is 11.8 Å². The standard InChI is InChI=1S/C22H12Cl2N2S2/c23-15-7-8-16(24)20(12-15)28-22-21(19-6-3-9-27-19)25-17-10-13-4-1-2-5-14(13)11-18(17)26-22/h1-12H. The Morgan fingerprint density at radius 1 is 0.786 bits per heavy atom. The molecule has 0 aliphatic carbocycles. The maximum absolute atomic E-state index is 6.39. The fourth-order valence-corrected chi connectivity index (χ4v) is 5.24. The van der Waals surface area contributed by atoms with Crippen molar-refractivity contribution >= 4 is 68.1 Å². The number of hydrogen-bond acceptors (Lipinski definition) is 4. The number of nitrogens with zero attached hydrogens (tertiary/aromatic N) is 2. The maximum atomic E-state index is 6.39. The summed E-state index contributed by atoms with van der Waals surface area (Å²) in [5, 5.41) is 6.44. The van der Waals surface area contributed by atoms with Crippen LogP contribution < -0.4 is 0 Å². The molecule has 6 heteroatoms. The monoisotopic (exact) mass is 438 g/mol. The molecule has 28 heavy (non-hydrogen) atoms. The Labute approximate surface area is 180 Å². The van der Waals surface area contributed by atoms with Crippen molar-refractivity contribution in [2.24, 2.45) is 0 Å². The Kier molecular flexibility index (Phi) is 4.73. The van der Waals surface area contributed by atoms with Crippen LogP contribution in [0.3, 0.4) is 0 Å². The van der Waals surface area contributed by atoms with Crippen molar-refractivity contribution in [1.82, 2.24) is 9.97 Å². The Hall–Kier alpha value is -2.11. The van der Waals surface area contributed by atoms with Gasteiger partial charge in [0, 0.05) is 9.92 Å². The van der Waals surface area contributed by atoms with Crippen LogP contribution >= 0.6 is 46.3 Å². The Morgan fingerprint density at radius 3 is 2.25 bits per heavy atom. The van der Waals surface area contributed by atoms with Crippen LogP contribution in [0.15, 0.2) is 82.0 Å². The van der Waals surface area contributed by atoms with Gasteiger partial charge in [0.15, 0.2) is 0 Å². The molecule has 0 amide bonds. The molecule has 0 unspecified atom stereocenters. The highest BCUT2D eigenvalue weighted by Gasteiger charge is 2.16. The van der Waals surface area contributed by atoms with Gasteiger partial charge in [-0.05, 0) is 52.6 Å². The summed E-state index contributed by atoms with van der Waals surface area (Å²) in [6, 6.07) is 22.0. The minimum absolute atomic E-state index is 0.643. The van der Waals surface area contributed by atoms with Gasteiger partial charge in [0.1, 0.15) is 10.7 Å². The van der Waals surface area contributed by atoms with E-state index in [9.17, 15) is 0 Å². The zero-order valence-electron chi connectivity index (χ0n) is 14.4. The van der Waals surface area contributed by atoms with Crippen LogP contribution in [0.4, 0.5) is 0 Å².